The Kier molecular flexibility index (Phi) is 2.99. The Morgan fingerprint density at radius 1 is 1.53 bits per heavy atom. The number of carbonyl (C=O) groups is 1. The molecule has 0 fully saturated rings. The van der Waals surface area contributed by atoms with Crippen LogP contribution >= 0.6 is 0 Å². The first-order valence-corrected chi connectivity index (χ1v) is 4.82. The highest BCUT2D eigenvalue weighted by Crippen LogP contribution is 2.16. The molecule has 0 radical (unpaired) electrons. The van der Waals surface area contributed by atoms with Crippen molar-refractivity contribution in [1.29, 1.82) is 0 Å². The fourth-order valence-corrected chi connectivity index (χ4v) is 1.26. The molecule has 1 N–H and O–H groups in total. The van der Waals surface area contributed by atoms with Gasteiger partial charge in [-0.2, -0.15) is 5.10 Å². The molecule has 2 aromatic rings. The average molecular weight is 234 g/mol. The van der Waals surface area contributed by atoms with Crippen molar-refractivity contribution in [3.05, 3.63) is 36.2 Å². The molecule has 7 heteroatoms. The third kappa shape index (κ3) is 2.39. The van der Waals surface area contributed by atoms with Gasteiger partial charge in [0.05, 0.1) is 0 Å². The average Bonchev–Trinajstić information content (AvgIpc) is 2.72. The number of ether oxygens (including phenoxy) is 1. The largest absolute Gasteiger partial charge is 0.483 e. The van der Waals surface area contributed by atoms with E-state index in [0.717, 1.165) is 0 Å². The van der Waals surface area contributed by atoms with Gasteiger partial charge < -0.3 is 9.84 Å². The standard InChI is InChI=1S/C10H10N4O3/c1-14-8(12-6-13-14)5-17-7-3-2-4-11-9(7)10(15)16/h2-4,6H,5H2,1H3,(H,15,16). The molecule has 0 spiro atoms. The molecule has 0 unspecified atom stereocenters. The number of carboxylic acids is 1. The van der Waals surface area contributed by atoms with E-state index >= 15 is 0 Å². The number of hydrogen-bond donors (Lipinski definition) is 1. The second-order valence-corrected chi connectivity index (χ2v) is 3.24. The molecule has 0 aliphatic heterocycles. The zero-order chi connectivity index (χ0) is 12.3. The zero-order valence-corrected chi connectivity index (χ0v) is 9.07. The summed E-state index contributed by atoms with van der Waals surface area (Å²) < 4.78 is 6.91. The van der Waals surface area contributed by atoms with Crippen LogP contribution in [0.15, 0.2) is 24.7 Å². The Morgan fingerprint density at radius 2 is 2.35 bits per heavy atom. The number of rotatable bonds is 4. The molecule has 2 rings (SSSR count). The first-order valence-electron chi connectivity index (χ1n) is 4.82. The predicted octanol–water partition coefficient (Wildman–Crippen LogP) is 0.487. The summed E-state index contributed by atoms with van der Waals surface area (Å²) in [4.78, 5) is 18.6. The molecule has 0 aromatic carbocycles. The smallest absolute Gasteiger partial charge is 0.358 e. The van der Waals surface area contributed by atoms with Crippen LogP contribution in [-0.4, -0.2) is 30.8 Å². The minimum atomic E-state index is -1.13. The maximum atomic E-state index is 10.9. The number of aryl methyl sites for hydroxylation is 1. The Balaban J connectivity index is 2.14. The molecule has 17 heavy (non-hydrogen) atoms. The van der Waals surface area contributed by atoms with E-state index in [1.54, 1.807) is 23.9 Å². The first-order chi connectivity index (χ1) is 8.18. The Bertz CT molecular complexity index is 538. The Hall–Kier alpha value is -2.44. The van der Waals surface area contributed by atoms with Crippen molar-refractivity contribution < 1.29 is 14.6 Å². The van der Waals surface area contributed by atoms with Crippen LogP contribution in [0.4, 0.5) is 0 Å². The minimum Gasteiger partial charge on any atom is -0.483 e. The Morgan fingerprint density at radius 3 is 3.00 bits per heavy atom. The highest BCUT2D eigenvalue weighted by molar-refractivity contribution is 5.88. The third-order valence-corrected chi connectivity index (χ3v) is 2.14. The Labute approximate surface area is 96.7 Å². The lowest BCUT2D eigenvalue weighted by atomic mass is 10.3. The lowest BCUT2D eigenvalue weighted by molar-refractivity contribution is 0.0684. The van der Waals surface area contributed by atoms with Crippen LogP contribution in [0.2, 0.25) is 0 Å². The normalized spacial score (nSPS) is 10.2. The molecular weight excluding hydrogens is 224 g/mol. The fraction of sp³-hybridized carbons (Fsp3) is 0.200. The molecular formula is C10H10N4O3. The molecule has 0 amide bonds. The van der Waals surface area contributed by atoms with Gasteiger partial charge in [-0.15, -0.1) is 0 Å². The summed E-state index contributed by atoms with van der Waals surface area (Å²) >= 11 is 0. The lowest BCUT2D eigenvalue weighted by Gasteiger charge is -2.07. The van der Waals surface area contributed by atoms with Crippen LogP contribution in [0, 0.1) is 0 Å². The van der Waals surface area contributed by atoms with Gasteiger partial charge in [0.1, 0.15) is 12.9 Å². The molecule has 2 heterocycles. The SMILES string of the molecule is Cn1ncnc1COc1cccnc1C(=O)O. The maximum absolute atomic E-state index is 10.9. The van der Waals surface area contributed by atoms with Crippen LogP contribution in [0.5, 0.6) is 5.75 Å². The quantitative estimate of drug-likeness (QED) is 0.827. The molecule has 0 atom stereocenters. The van der Waals surface area contributed by atoms with Crippen molar-refractivity contribution in [3.63, 3.8) is 0 Å². The third-order valence-electron chi connectivity index (χ3n) is 2.14. The van der Waals surface area contributed by atoms with E-state index in [1.165, 1.54) is 12.5 Å². The highest BCUT2D eigenvalue weighted by atomic mass is 16.5. The lowest BCUT2D eigenvalue weighted by Crippen LogP contribution is -2.08. The summed E-state index contributed by atoms with van der Waals surface area (Å²) in [6, 6.07) is 3.16. The minimum absolute atomic E-state index is 0.116. The number of pyridine rings is 1. The highest BCUT2D eigenvalue weighted by Gasteiger charge is 2.12. The van der Waals surface area contributed by atoms with Gasteiger partial charge in [0.15, 0.2) is 17.3 Å². The van der Waals surface area contributed by atoms with Crippen molar-refractivity contribution in [2.75, 3.05) is 0 Å². The molecule has 0 aliphatic rings. The monoisotopic (exact) mass is 234 g/mol. The summed E-state index contributed by atoms with van der Waals surface area (Å²) in [7, 11) is 1.73. The molecule has 7 nitrogen and oxygen atoms in total. The second kappa shape index (κ2) is 4.60. The van der Waals surface area contributed by atoms with Gasteiger partial charge in [0, 0.05) is 13.2 Å². The number of aromatic carboxylic acids is 1. The van der Waals surface area contributed by atoms with Crippen LogP contribution in [-0.2, 0) is 13.7 Å². The predicted molar refractivity (Wildman–Crippen MR) is 56.5 cm³/mol. The second-order valence-electron chi connectivity index (χ2n) is 3.24. The molecule has 0 saturated heterocycles. The van der Waals surface area contributed by atoms with Gasteiger partial charge in [-0.1, -0.05) is 0 Å². The molecule has 88 valence electrons. The van der Waals surface area contributed by atoms with E-state index in [4.69, 9.17) is 9.84 Å². The topological polar surface area (TPSA) is 90.1 Å². The van der Waals surface area contributed by atoms with Gasteiger partial charge in [-0.25, -0.2) is 14.8 Å². The van der Waals surface area contributed by atoms with Crippen molar-refractivity contribution in [1.82, 2.24) is 19.7 Å². The fourth-order valence-electron chi connectivity index (χ4n) is 1.26. The van der Waals surface area contributed by atoms with E-state index in [-0.39, 0.29) is 18.1 Å². The van der Waals surface area contributed by atoms with Crippen LogP contribution in [0.3, 0.4) is 0 Å². The first kappa shape index (κ1) is 11.1. The van der Waals surface area contributed by atoms with E-state index in [2.05, 4.69) is 15.1 Å². The van der Waals surface area contributed by atoms with Crippen molar-refractivity contribution in [2.24, 2.45) is 7.05 Å². The maximum Gasteiger partial charge on any atom is 0.358 e. The van der Waals surface area contributed by atoms with Crippen LogP contribution in [0.25, 0.3) is 0 Å². The van der Waals surface area contributed by atoms with Crippen molar-refractivity contribution in [3.8, 4) is 5.75 Å². The van der Waals surface area contributed by atoms with Crippen molar-refractivity contribution in [2.45, 2.75) is 6.61 Å². The number of carboxylic acid groups (broad SMARTS) is 1. The summed E-state index contributed by atoms with van der Waals surface area (Å²) in [5.41, 5.74) is -0.116. The number of hydrogen-bond acceptors (Lipinski definition) is 5. The van der Waals surface area contributed by atoms with E-state index < -0.39 is 5.97 Å². The summed E-state index contributed by atoms with van der Waals surface area (Å²) in [6.07, 6.45) is 2.80. The molecule has 0 aliphatic carbocycles. The van der Waals surface area contributed by atoms with Gasteiger partial charge >= 0.3 is 5.97 Å². The summed E-state index contributed by atoms with van der Waals surface area (Å²) in [5.74, 6) is -0.313. The van der Waals surface area contributed by atoms with Gasteiger partial charge in [-0.3, -0.25) is 4.68 Å². The van der Waals surface area contributed by atoms with E-state index in [1.807, 2.05) is 0 Å². The molecule has 0 saturated carbocycles. The van der Waals surface area contributed by atoms with E-state index in [0.29, 0.717) is 5.82 Å². The summed E-state index contributed by atoms with van der Waals surface area (Å²) in [5, 5.41) is 12.8. The van der Waals surface area contributed by atoms with Gasteiger partial charge in [-0.05, 0) is 12.1 Å². The zero-order valence-electron chi connectivity index (χ0n) is 9.07. The van der Waals surface area contributed by atoms with Crippen molar-refractivity contribution >= 4 is 5.97 Å². The van der Waals surface area contributed by atoms with Gasteiger partial charge in [0.25, 0.3) is 0 Å². The molecule has 2 aromatic heterocycles. The molecule has 0 bridgehead atoms. The van der Waals surface area contributed by atoms with Gasteiger partial charge in [0.2, 0.25) is 0 Å². The van der Waals surface area contributed by atoms with Crippen LogP contribution < -0.4 is 4.74 Å². The number of nitrogens with zero attached hydrogens (tertiary/aromatic N) is 4. The number of aromatic nitrogens is 4. The summed E-state index contributed by atoms with van der Waals surface area (Å²) in [6.45, 7) is 0.141. The van der Waals surface area contributed by atoms with E-state index in [9.17, 15) is 4.79 Å². The van der Waals surface area contributed by atoms with Crippen LogP contribution in [0.1, 0.15) is 16.3 Å².